The van der Waals surface area contributed by atoms with Crippen molar-refractivity contribution in [3.05, 3.63) is 27.3 Å². The van der Waals surface area contributed by atoms with E-state index in [4.69, 9.17) is 11.6 Å². The third-order valence-corrected chi connectivity index (χ3v) is 5.17. The minimum atomic E-state index is -0.183. The van der Waals surface area contributed by atoms with Gasteiger partial charge in [0.1, 0.15) is 11.6 Å². The fraction of sp³-hybridized carbons (Fsp3) is 0.500. The van der Waals surface area contributed by atoms with Crippen LogP contribution < -0.4 is 0 Å². The van der Waals surface area contributed by atoms with E-state index in [2.05, 4.69) is 16.5 Å². The van der Waals surface area contributed by atoms with Gasteiger partial charge in [-0.15, -0.1) is 11.6 Å². The van der Waals surface area contributed by atoms with Gasteiger partial charge in [0.05, 0.1) is 20.5 Å². The number of hydrogen-bond acceptors (Lipinski definition) is 1. The highest BCUT2D eigenvalue weighted by Crippen LogP contribution is 2.40. The second-order valence-electron chi connectivity index (χ2n) is 5.46. The van der Waals surface area contributed by atoms with Crippen molar-refractivity contribution in [3.63, 3.8) is 0 Å². The SMILES string of the molecule is CC1(n2c(CCl)nc3cc(I)c(F)cc32)CCCC1. The zero-order chi connectivity index (χ0) is 13.6. The zero-order valence-corrected chi connectivity index (χ0v) is 13.6. The van der Waals surface area contributed by atoms with Crippen molar-refractivity contribution in [2.75, 3.05) is 0 Å². The van der Waals surface area contributed by atoms with Gasteiger partial charge in [0, 0.05) is 11.6 Å². The highest BCUT2D eigenvalue weighted by Gasteiger charge is 2.33. The Morgan fingerprint density at radius 3 is 2.74 bits per heavy atom. The van der Waals surface area contributed by atoms with E-state index in [0.29, 0.717) is 9.45 Å². The number of halogens is 3. The molecule has 0 radical (unpaired) electrons. The second-order valence-corrected chi connectivity index (χ2v) is 6.89. The summed E-state index contributed by atoms with van der Waals surface area (Å²) in [6, 6.07) is 3.40. The predicted octanol–water partition coefficient (Wildman–Crippen LogP) is 4.81. The van der Waals surface area contributed by atoms with E-state index >= 15 is 0 Å². The summed E-state index contributed by atoms with van der Waals surface area (Å²) >= 11 is 8.04. The van der Waals surface area contributed by atoms with Crippen molar-refractivity contribution in [2.24, 2.45) is 0 Å². The van der Waals surface area contributed by atoms with Crippen LogP contribution in [0.5, 0.6) is 0 Å². The molecule has 0 bridgehead atoms. The molecule has 0 aliphatic heterocycles. The fourth-order valence-electron chi connectivity index (χ4n) is 3.17. The zero-order valence-electron chi connectivity index (χ0n) is 10.7. The van der Waals surface area contributed by atoms with Crippen LogP contribution in [0.15, 0.2) is 12.1 Å². The Kier molecular flexibility index (Phi) is 3.50. The maximum atomic E-state index is 13.9. The number of alkyl halides is 1. The highest BCUT2D eigenvalue weighted by atomic mass is 127. The number of aromatic nitrogens is 2. The third-order valence-electron chi connectivity index (χ3n) is 4.11. The molecule has 1 aromatic heterocycles. The van der Waals surface area contributed by atoms with Crippen LogP contribution in [0.1, 0.15) is 38.4 Å². The number of hydrogen-bond donors (Lipinski definition) is 0. The summed E-state index contributed by atoms with van der Waals surface area (Å²) in [6.45, 7) is 2.23. The van der Waals surface area contributed by atoms with Crippen LogP contribution in [0.3, 0.4) is 0 Å². The van der Waals surface area contributed by atoms with Gasteiger partial charge in [-0.05, 0) is 48.4 Å². The molecule has 1 aliphatic carbocycles. The lowest BCUT2D eigenvalue weighted by Gasteiger charge is -2.28. The van der Waals surface area contributed by atoms with E-state index in [1.165, 1.54) is 12.8 Å². The molecule has 102 valence electrons. The Morgan fingerprint density at radius 2 is 2.11 bits per heavy atom. The molecule has 0 unspecified atom stereocenters. The van der Waals surface area contributed by atoms with Crippen LogP contribution in [0.25, 0.3) is 11.0 Å². The van der Waals surface area contributed by atoms with Crippen LogP contribution in [0.2, 0.25) is 0 Å². The first-order chi connectivity index (χ1) is 9.05. The Bertz CT molecular complexity index is 632. The average Bonchev–Trinajstić information content (AvgIpc) is 2.94. The first kappa shape index (κ1) is 13.6. The molecule has 2 nitrogen and oxygen atoms in total. The Morgan fingerprint density at radius 1 is 1.42 bits per heavy atom. The number of fused-ring (bicyclic) bond motifs is 1. The van der Waals surface area contributed by atoms with Crippen LogP contribution in [-0.4, -0.2) is 9.55 Å². The molecule has 1 fully saturated rings. The predicted molar refractivity (Wildman–Crippen MR) is 84.1 cm³/mol. The Hall–Kier alpha value is -0.360. The lowest BCUT2D eigenvalue weighted by atomic mass is 9.99. The molecule has 19 heavy (non-hydrogen) atoms. The second kappa shape index (κ2) is 4.88. The van der Waals surface area contributed by atoms with Crippen LogP contribution in [-0.2, 0) is 11.4 Å². The third kappa shape index (κ3) is 2.17. The molecule has 0 saturated heterocycles. The lowest BCUT2D eigenvalue weighted by molar-refractivity contribution is 0.331. The summed E-state index contributed by atoms with van der Waals surface area (Å²) < 4.78 is 16.6. The molecular formula is C14H15ClFIN2. The number of rotatable bonds is 2. The van der Waals surface area contributed by atoms with Gasteiger partial charge in [-0.3, -0.25) is 0 Å². The van der Waals surface area contributed by atoms with Crippen molar-refractivity contribution in [1.82, 2.24) is 9.55 Å². The van der Waals surface area contributed by atoms with E-state index in [0.717, 1.165) is 29.7 Å². The molecule has 1 aromatic carbocycles. The van der Waals surface area contributed by atoms with Gasteiger partial charge in [-0.25, -0.2) is 9.37 Å². The quantitative estimate of drug-likeness (QED) is 0.530. The number of nitrogens with zero attached hydrogens (tertiary/aromatic N) is 2. The molecule has 0 amide bonds. The van der Waals surface area contributed by atoms with Gasteiger partial charge in [0.15, 0.2) is 0 Å². The number of imidazole rings is 1. The first-order valence-corrected chi connectivity index (χ1v) is 8.09. The van der Waals surface area contributed by atoms with E-state index < -0.39 is 0 Å². The van der Waals surface area contributed by atoms with Crippen LogP contribution in [0, 0.1) is 9.39 Å². The van der Waals surface area contributed by atoms with E-state index in [1.807, 2.05) is 22.6 Å². The van der Waals surface area contributed by atoms with Crippen molar-refractivity contribution in [3.8, 4) is 0 Å². The fourth-order valence-corrected chi connectivity index (χ4v) is 3.80. The molecule has 1 saturated carbocycles. The van der Waals surface area contributed by atoms with Crippen molar-refractivity contribution < 1.29 is 4.39 Å². The Labute approximate surface area is 130 Å². The summed E-state index contributed by atoms with van der Waals surface area (Å²) in [4.78, 5) is 4.58. The molecule has 1 heterocycles. The lowest BCUT2D eigenvalue weighted by Crippen LogP contribution is -2.27. The maximum Gasteiger partial charge on any atom is 0.138 e. The molecule has 1 aliphatic rings. The minimum absolute atomic E-state index is 0.0260. The molecule has 0 spiro atoms. The molecule has 3 rings (SSSR count). The summed E-state index contributed by atoms with van der Waals surface area (Å²) in [7, 11) is 0. The van der Waals surface area contributed by atoms with Gasteiger partial charge in [-0.2, -0.15) is 0 Å². The van der Waals surface area contributed by atoms with Crippen LogP contribution in [0.4, 0.5) is 4.39 Å². The van der Waals surface area contributed by atoms with Crippen molar-refractivity contribution in [1.29, 1.82) is 0 Å². The minimum Gasteiger partial charge on any atom is -0.321 e. The molecule has 5 heteroatoms. The van der Waals surface area contributed by atoms with E-state index in [9.17, 15) is 4.39 Å². The molecule has 2 aromatic rings. The largest absolute Gasteiger partial charge is 0.321 e. The summed E-state index contributed by atoms with van der Waals surface area (Å²) in [5, 5.41) is 0. The van der Waals surface area contributed by atoms with Gasteiger partial charge in [0.25, 0.3) is 0 Å². The number of benzene rings is 1. The van der Waals surface area contributed by atoms with Crippen LogP contribution >= 0.6 is 34.2 Å². The summed E-state index contributed by atoms with van der Waals surface area (Å²) in [5.74, 6) is 1.03. The van der Waals surface area contributed by atoms with Gasteiger partial charge in [-0.1, -0.05) is 12.8 Å². The summed E-state index contributed by atoms with van der Waals surface area (Å²) in [6.07, 6.45) is 4.64. The smallest absolute Gasteiger partial charge is 0.138 e. The monoisotopic (exact) mass is 392 g/mol. The van der Waals surface area contributed by atoms with E-state index in [-0.39, 0.29) is 11.4 Å². The standard InChI is InChI=1S/C14H15ClFIN2/c1-14(4-2-3-5-14)19-12-6-9(16)10(17)7-11(12)18-13(19)8-15/h6-7H,2-5,8H2,1H3. The van der Waals surface area contributed by atoms with Gasteiger partial charge in [0.2, 0.25) is 0 Å². The first-order valence-electron chi connectivity index (χ1n) is 6.48. The topological polar surface area (TPSA) is 17.8 Å². The van der Waals surface area contributed by atoms with Gasteiger partial charge >= 0.3 is 0 Å². The van der Waals surface area contributed by atoms with E-state index in [1.54, 1.807) is 12.1 Å². The van der Waals surface area contributed by atoms with Crippen molar-refractivity contribution >= 4 is 45.2 Å². The summed E-state index contributed by atoms with van der Waals surface area (Å²) in [5.41, 5.74) is 1.74. The normalized spacial score (nSPS) is 18.3. The average molecular weight is 393 g/mol. The molecular weight excluding hydrogens is 378 g/mol. The maximum absolute atomic E-state index is 13.9. The highest BCUT2D eigenvalue weighted by molar-refractivity contribution is 14.1. The molecule has 0 N–H and O–H groups in total. The van der Waals surface area contributed by atoms with Gasteiger partial charge < -0.3 is 4.57 Å². The van der Waals surface area contributed by atoms with Crippen molar-refractivity contribution in [2.45, 2.75) is 44.0 Å². The Balaban J connectivity index is 2.29. The molecule has 0 atom stereocenters.